The molecule has 0 aromatic heterocycles. The molecule has 0 atom stereocenters. The minimum Gasteiger partial charge on any atom is -0.381 e. The average molecular weight is 268 g/mol. The van der Waals surface area contributed by atoms with Gasteiger partial charge < -0.3 is 4.74 Å². The fraction of sp³-hybridized carbons (Fsp3) is 0.941. The number of Topliss-reactive ketones (excluding diaryl/α,β-unsaturated/α-hetero) is 1. The summed E-state index contributed by atoms with van der Waals surface area (Å²) in [5.41, 5.74) is 0. The smallest absolute Gasteiger partial charge is 0.136 e. The fourth-order valence-electron chi connectivity index (χ4n) is 2.83. The van der Waals surface area contributed by atoms with Crippen LogP contribution in [0.25, 0.3) is 0 Å². The van der Waals surface area contributed by atoms with Gasteiger partial charge in [0.15, 0.2) is 0 Å². The van der Waals surface area contributed by atoms with Crippen molar-refractivity contribution in [3.8, 4) is 0 Å². The number of rotatable bonds is 11. The van der Waals surface area contributed by atoms with E-state index in [1.165, 1.54) is 51.4 Å². The summed E-state index contributed by atoms with van der Waals surface area (Å²) in [6.07, 6.45) is 14.6. The third kappa shape index (κ3) is 8.41. The van der Waals surface area contributed by atoms with Gasteiger partial charge in [-0.3, -0.25) is 4.79 Å². The van der Waals surface area contributed by atoms with Crippen LogP contribution in [0.15, 0.2) is 0 Å². The molecule has 2 heteroatoms. The van der Waals surface area contributed by atoms with E-state index in [1.807, 2.05) is 0 Å². The number of carbonyl (C=O) groups is 1. The second-order valence-electron chi connectivity index (χ2n) is 5.93. The van der Waals surface area contributed by atoms with Gasteiger partial charge in [0.1, 0.15) is 5.78 Å². The molecule has 2 nitrogen and oxygen atoms in total. The van der Waals surface area contributed by atoms with Gasteiger partial charge in [0, 0.05) is 25.6 Å². The molecular formula is C17H32O2. The zero-order valence-electron chi connectivity index (χ0n) is 12.8. The number of hydrogen-bond acceptors (Lipinski definition) is 2. The number of unbranched alkanes of at least 4 members (excludes halogenated alkanes) is 8. The maximum atomic E-state index is 11.9. The maximum Gasteiger partial charge on any atom is 0.136 e. The van der Waals surface area contributed by atoms with Crippen molar-refractivity contribution >= 4 is 5.78 Å². The molecule has 0 radical (unpaired) electrons. The van der Waals surface area contributed by atoms with Gasteiger partial charge in [-0.05, 0) is 19.3 Å². The van der Waals surface area contributed by atoms with Crippen LogP contribution in [0, 0.1) is 5.92 Å². The van der Waals surface area contributed by atoms with Gasteiger partial charge in [0.2, 0.25) is 0 Å². The lowest BCUT2D eigenvalue weighted by Crippen LogP contribution is -2.23. The molecule has 0 N–H and O–H groups in total. The maximum absolute atomic E-state index is 11.9. The number of ether oxygens (including phenoxy) is 1. The molecule has 1 rings (SSSR count). The van der Waals surface area contributed by atoms with Crippen LogP contribution in [-0.4, -0.2) is 19.0 Å². The summed E-state index contributed by atoms with van der Waals surface area (Å²) >= 11 is 0. The molecule has 0 saturated carbocycles. The highest BCUT2D eigenvalue weighted by Crippen LogP contribution is 2.19. The van der Waals surface area contributed by atoms with Crippen molar-refractivity contribution in [1.29, 1.82) is 0 Å². The van der Waals surface area contributed by atoms with E-state index in [-0.39, 0.29) is 0 Å². The normalized spacial score (nSPS) is 16.7. The Labute approximate surface area is 119 Å². The molecule has 19 heavy (non-hydrogen) atoms. The molecule has 0 unspecified atom stereocenters. The predicted molar refractivity (Wildman–Crippen MR) is 80.4 cm³/mol. The van der Waals surface area contributed by atoms with Gasteiger partial charge in [-0.2, -0.15) is 0 Å². The highest BCUT2D eigenvalue weighted by molar-refractivity contribution is 5.80. The van der Waals surface area contributed by atoms with Crippen molar-refractivity contribution in [1.82, 2.24) is 0 Å². The van der Waals surface area contributed by atoms with E-state index in [1.54, 1.807) is 0 Å². The van der Waals surface area contributed by atoms with Crippen molar-refractivity contribution in [3.63, 3.8) is 0 Å². The molecule has 1 heterocycles. The van der Waals surface area contributed by atoms with Crippen molar-refractivity contribution in [2.45, 2.75) is 84.0 Å². The zero-order valence-corrected chi connectivity index (χ0v) is 12.8. The van der Waals surface area contributed by atoms with Crippen LogP contribution in [0.3, 0.4) is 0 Å². The molecule has 0 amide bonds. The van der Waals surface area contributed by atoms with Crippen LogP contribution in [0.4, 0.5) is 0 Å². The van der Waals surface area contributed by atoms with Gasteiger partial charge >= 0.3 is 0 Å². The van der Waals surface area contributed by atoms with Gasteiger partial charge in [0.05, 0.1) is 0 Å². The summed E-state index contributed by atoms with van der Waals surface area (Å²) in [7, 11) is 0. The van der Waals surface area contributed by atoms with E-state index in [0.717, 1.165) is 38.9 Å². The van der Waals surface area contributed by atoms with Gasteiger partial charge in [0.25, 0.3) is 0 Å². The first-order valence-electron chi connectivity index (χ1n) is 8.45. The first-order chi connectivity index (χ1) is 9.34. The monoisotopic (exact) mass is 268 g/mol. The molecule has 0 bridgehead atoms. The Balaban J connectivity index is 1.86. The lowest BCUT2D eigenvalue weighted by Gasteiger charge is -2.20. The molecule has 1 aliphatic heterocycles. The van der Waals surface area contributed by atoms with Gasteiger partial charge in [-0.25, -0.2) is 0 Å². The fourth-order valence-corrected chi connectivity index (χ4v) is 2.83. The minimum atomic E-state index is 0.308. The summed E-state index contributed by atoms with van der Waals surface area (Å²) in [5, 5.41) is 0. The summed E-state index contributed by atoms with van der Waals surface area (Å²) < 4.78 is 5.30. The second-order valence-corrected chi connectivity index (χ2v) is 5.93. The SMILES string of the molecule is CCCCCCCCCCCC(=O)C1CCOCC1. The van der Waals surface area contributed by atoms with E-state index in [0.29, 0.717) is 11.7 Å². The molecule has 1 aliphatic rings. The first kappa shape index (κ1) is 16.7. The molecule has 0 aliphatic carbocycles. The Hall–Kier alpha value is -0.370. The summed E-state index contributed by atoms with van der Waals surface area (Å²) in [6, 6.07) is 0. The van der Waals surface area contributed by atoms with E-state index in [9.17, 15) is 4.79 Å². The standard InChI is InChI=1S/C17H32O2/c1-2-3-4-5-6-7-8-9-10-11-17(18)16-12-14-19-15-13-16/h16H,2-15H2,1H3. The Morgan fingerprint density at radius 3 is 2.00 bits per heavy atom. The van der Waals surface area contributed by atoms with Crippen LogP contribution in [-0.2, 0) is 9.53 Å². The quantitative estimate of drug-likeness (QED) is 0.498. The van der Waals surface area contributed by atoms with E-state index >= 15 is 0 Å². The molecule has 0 spiro atoms. The second kappa shape index (κ2) is 11.5. The molecular weight excluding hydrogens is 236 g/mol. The number of hydrogen-bond donors (Lipinski definition) is 0. The highest BCUT2D eigenvalue weighted by atomic mass is 16.5. The lowest BCUT2D eigenvalue weighted by molar-refractivity contribution is -0.125. The molecule has 1 fully saturated rings. The Kier molecular flexibility index (Phi) is 10.1. The van der Waals surface area contributed by atoms with Crippen molar-refractivity contribution < 1.29 is 9.53 Å². The highest BCUT2D eigenvalue weighted by Gasteiger charge is 2.20. The Morgan fingerprint density at radius 2 is 1.42 bits per heavy atom. The average Bonchev–Trinajstić information content (AvgIpc) is 2.46. The van der Waals surface area contributed by atoms with E-state index in [2.05, 4.69) is 6.92 Å². The van der Waals surface area contributed by atoms with Crippen LogP contribution < -0.4 is 0 Å². The van der Waals surface area contributed by atoms with Gasteiger partial charge in [-0.15, -0.1) is 0 Å². The molecule has 112 valence electrons. The van der Waals surface area contributed by atoms with Crippen molar-refractivity contribution in [2.24, 2.45) is 5.92 Å². The van der Waals surface area contributed by atoms with Gasteiger partial charge in [-0.1, -0.05) is 58.3 Å². The van der Waals surface area contributed by atoms with Crippen LogP contribution >= 0.6 is 0 Å². The predicted octanol–water partition coefficient (Wildman–Crippen LogP) is 4.90. The van der Waals surface area contributed by atoms with Crippen LogP contribution in [0.2, 0.25) is 0 Å². The Morgan fingerprint density at radius 1 is 0.895 bits per heavy atom. The number of ketones is 1. The molecule has 0 aromatic carbocycles. The minimum absolute atomic E-state index is 0.308. The third-order valence-electron chi connectivity index (χ3n) is 4.20. The topological polar surface area (TPSA) is 26.3 Å². The zero-order chi connectivity index (χ0) is 13.8. The molecule has 1 saturated heterocycles. The van der Waals surface area contributed by atoms with E-state index in [4.69, 9.17) is 4.74 Å². The van der Waals surface area contributed by atoms with Crippen molar-refractivity contribution in [3.05, 3.63) is 0 Å². The van der Waals surface area contributed by atoms with E-state index < -0.39 is 0 Å². The largest absolute Gasteiger partial charge is 0.381 e. The van der Waals surface area contributed by atoms with Crippen molar-refractivity contribution in [2.75, 3.05) is 13.2 Å². The summed E-state index contributed by atoms with van der Waals surface area (Å²) in [5.74, 6) is 0.800. The van der Waals surface area contributed by atoms with Crippen LogP contribution in [0.1, 0.15) is 84.0 Å². The first-order valence-corrected chi connectivity index (χ1v) is 8.45. The Bertz CT molecular complexity index is 219. The third-order valence-corrected chi connectivity index (χ3v) is 4.20. The summed E-state index contributed by atoms with van der Waals surface area (Å²) in [6.45, 7) is 3.83. The summed E-state index contributed by atoms with van der Waals surface area (Å²) in [4.78, 5) is 11.9. The lowest BCUT2D eigenvalue weighted by atomic mass is 9.92. The molecule has 0 aromatic rings. The number of carbonyl (C=O) groups excluding carboxylic acids is 1. The van der Waals surface area contributed by atoms with Crippen LogP contribution in [0.5, 0.6) is 0 Å².